The molecule has 0 aliphatic carbocycles. The largest absolute Gasteiger partial charge is 0.450 e. The minimum absolute atomic E-state index is 0.0463. The van der Waals surface area contributed by atoms with Crippen molar-refractivity contribution in [3.05, 3.63) is 245 Å². The van der Waals surface area contributed by atoms with Crippen molar-refractivity contribution >= 4 is 23.8 Å². The highest BCUT2D eigenvalue weighted by Crippen LogP contribution is 2.44. The Balaban J connectivity index is 1.05. The molecule has 13 heteroatoms. The van der Waals surface area contributed by atoms with E-state index >= 15 is 0 Å². The van der Waals surface area contributed by atoms with Crippen LogP contribution in [0, 0.1) is 6.92 Å². The van der Waals surface area contributed by atoms with E-state index in [2.05, 4.69) is 24.3 Å². The van der Waals surface area contributed by atoms with Gasteiger partial charge in [0.1, 0.15) is 42.0 Å². The smallest absolute Gasteiger partial charge is 0.411 e. The fraction of sp³-hybridized carbons (Fsp3) is 0.290. The summed E-state index contributed by atoms with van der Waals surface area (Å²) in [5, 5.41) is 0. The van der Waals surface area contributed by atoms with E-state index in [0.717, 1.165) is 38.3 Å². The molecular weight excluding hydrogens is 967 g/mol. The molecule has 1 amide bonds. The molecule has 3 aliphatic heterocycles. The molecule has 0 radical (unpaired) electrons. The zero-order chi connectivity index (χ0) is 51.2. The first-order chi connectivity index (χ1) is 36.9. The molecule has 3 fully saturated rings. The Morgan fingerprint density at radius 2 is 0.987 bits per heavy atom. The van der Waals surface area contributed by atoms with E-state index < -0.39 is 72.6 Å². The Kier molecular flexibility index (Phi) is 17.8. The van der Waals surface area contributed by atoms with E-state index in [-0.39, 0.29) is 46.2 Å². The van der Waals surface area contributed by atoms with Gasteiger partial charge in [-0.05, 0) is 59.0 Å². The van der Waals surface area contributed by atoms with Crippen molar-refractivity contribution in [2.45, 2.75) is 105 Å². The van der Waals surface area contributed by atoms with E-state index in [4.69, 9.17) is 42.6 Å². The van der Waals surface area contributed by atoms with E-state index in [0.29, 0.717) is 5.56 Å². The number of carbonyl (C=O) groups excluding carboxylic acids is 2. The molecule has 0 aromatic heterocycles. The van der Waals surface area contributed by atoms with Crippen molar-refractivity contribution in [3.8, 4) is 0 Å². The molecule has 7 aromatic carbocycles. The molecule has 10 rings (SSSR count). The summed E-state index contributed by atoms with van der Waals surface area (Å²) in [6.07, 6.45) is -8.61. The number of carbonyl (C=O) groups is 2. The standard InChI is InChI=1S/C62H61NO11S/c1-43-32-34-50(35-33-43)75-61-53-56(74-62(65)63(53)36-44-20-8-2-9-21-44)55(52(71-61)42-67-38-46-24-12-4-13-25-46)73-60-58(72-59(64)49-30-18-7-19-31-49)57(69-40-48-28-16-6-17-29-48)54(68-39-47-26-14-5-15-27-47)51(70-60)41-66-37-45-22-10-3-11-23-45/h2-35,51-58,60-61H,36-42H2,1H3/t51-,52-,53-,54+,55-,56-,57+,58-,60+,61+/m1/s1. The zero-order valence-electron chi connectivity index (χ0n) is 41.7. The molecule has 0 saturated carbocycles. The van der Waals surface area contributed by atoms with Crippen LogP contribution in [0.25, 0.3) is 0 Å². The summed E-state index contributed by atoms with van der Waals surface area (Å²) < 4.78 is 61.7. The zero-order valence-corrected chi connectivity index (χ0v) is 42.5. The predicted molar refractivity (Wildman–Crippen MR) is 283 cm³/mol. The van der Waals surface area contributed by atoms with Crippen LogP contribution in [-0.4, -0.2) is 90.7 Å². The van der Waals surface area contributed by atoms with Crippen LogP contribution in [0.3, 0.4) is 0 Å². The number of rotatable bonds is 22. The third-order valence-electron chi connectivity index (χ3n) is 13.4. The average molecular weight is 1030 g/mol. The van der Waals surface area contributed by atoms with Crippen molar-refractivity contribution in [2.24, 2.45) is 0 Å². The Bertz CT molecular complexity index is 2840. The number of thioether (sulfide) groups is 1. The molecule has 3 heterocycles. The van der Waals surface area contributed by atoms with Crippen molar-refractivity contribution < 1.29 is 52.2 Å². The van der Waals surface area contributed by atoms with Crippen LogP contribution >= 0.6 is 11.8 Å². The molecule has 0 unspecified atom stereocenters. The minimum atomic E-state index is -1.35. The molecular formula is C62H61NO11S. The molecule has 0 N–H and O–H groups in total. The monoisotopic (exact) mass is 1030 g/mol. The number of esters is 1. The summed E-state index contributed by atoms with van der Waals surface area (Å²) in [5.74, 6) is -0.622. The van der Waals surface area contributed by atoms with Crippen LogP contribution in [0.15, 0.2) is 211 Å². The first-order valence-electron chi connectivity index (χ1n) is 25.4. The van der Waals surface area contributed by atoms with Gasteiger partial charge >= 0.3 is 12.1 Å². The Morgan fingerprint density at radius 3 is 1.52 bits per heavy atom. The second-order valence-corrected chi connectivity index (χ2v) is 20.0. The molecule has 12 nitrogen and oxygen atoms in total. The summed E-state index contributed by atoms with van der Waals surface area (Å²) >= 11 is 1.51. The molecule has 386 valence electrons. The quantitative estimate of drug-likeness (QED) is 0.0601. The summed E-state index contributed by atoms with van der Waals surface area (Å²) in [5.41, 5.74) is 5.47. The normalized spacial score (nSPS) is 24.3. The first-order valence-corrected chi connectivity index (χ1v) is 26.3. The second kappa shape index (κ2) is 25.7. The minimum Gasteiger partial charge on any atom is -0.450 e. The van der Waals surface area contributed by atoms with Gasteiger partial charge in [-0.1, -0.05) is 199 Å². The summed E-state index contributed by atoms with van der Waals surface area (Å²) in [6, 6.07) is 65.4. The van der Waals surface area contributed by atoms with Crippen molar-refractivity contribution in [2.75, 3.05) is 13.2 Å². The number of amides is 1. The van der Waals surface area contributed by atoms with E-state index in [1.165, 1.54) is 11.8 Å². The number of hydrogen-bond donors (Lipinski definition) is 0. The van der Waals surface area contributed by atoms with Gasteiger partial charge in [0, 0.05) is 11.4 Å². The molecule has 7 aromatic rings. The molecule has 10 atom stereocenters. The van der Waals surface area contributed by atoms with Crippen molar-refractivity contribution in [1.29, 1.82) is 0 Å². The van der Waals surface area contributed by atoms with Crippen LogP contribution in [0.1, 0.15) is 43.7 Å². The third kappa shape index (κ3) is 13.6. The number of ether oxygens (including phenoxy) is 9. The van der Waals surface area contributed by atoms with E-state index in [9.17, 15) is 9.59 Å². The van der Waals surface area contributed by atoms with Crippen LogP contribution in [0.5, 0.6) is 0 Å². The molecule has 3 saturated heterocycles. The van der Waals surface area contributed by atoms with Gasteiger partial charge in [0.2, 0.25) is 0 Å². The predicted octanol–water partition coefficient (Wildman–Crippen LogP) is 11.1. The van der Waals surface area contributed by atoms with E-state index in [1.807, 2.05) is 165 Å². The van der Waals surface area contributed by atoms with Crippen LogP contribution in [0.4, 0.5) is 4.79 Å². The van der Waals surface area contributed by atoms with Gasteiger partial charge in [-0.3, -0.25) is 4.90 Å². The van der Waals surface area contributed by atoms with Crippen LogP contribution in [0.2, 0.25) is 0 Å². The fourth-order valence-corrected chi connectivity index (χ4v) is 10.8. The lowest BCUT2D eigenvalue weighted by Gasteiger charge is -2.49. The average Bonchev–Trinajstić information content (AvgIpc) is 3.79. The summed E-state index contributed by atoms with van der Waals surface area (Å²) in [7, 11) is 0. The van der Waals surface area contributed by atoms with Gasteiger partial charge < -0.3 is 42.6 Å². The third-order valence-corrected chi connectivity index (χ3v) is 14.6. The van der Waals surface area contributed by atoms with E-state index in [1.54, 1.807) is 29.2 Å². The number of nitrogens with zero attached hydrogens (tertiary/aromatic N) is 1. The summed E-state index contributed by atoms with van der Waals surface area (Å²) in [6.45, 7) is 3.29. The first kappa shape index (κ1) is 51.8. The number of hydrogen-bond acceptors (Lipinski definition) is 12. The Morgan fingerprint density at radius 1 is 0.520 bits per heavy atom. The molecule has 0 spiro atoms. The van der Waals surface area contributed by atoms with Crippen LogP contribution in [-0.2, 0) is 75.6 Å². The van der Waals surface area contributed by atoms with Crippen LogP contribution < -0.4 is 0 Å². The van der Waals surface area contributed by atoms with Gasteiger partial charge in [-0.2, -0.15) is 0 Å². The maximum Gasteiger partial charge on any atom is 0.411 e. The highest BCUT2D eigenvalue weighted by Gasteiger charge is 2.60. The SMILES string of the molecule is Cc1ccc(S[C@@H]2O[C@H](COCc3ccccc3)[C@@H](O[C@@H]3O[C@H](COCc4ccccc4)[C@H](OCc4ccccc4)[C@H](OCc4ccccc4)[C@H]3OC(=O)c3ccccc3)[C@@H]3OC(=O)N(Cc4ccccc4)[C@H]32)cc1. The number of fused-ring (bicyclic) bond motifs is 1. The topological polar surface area (TPSA) is 120 Å². The van der Waals surface area contributed by atoms with Gasteiger partial charge in [0.15, 0.2) is 18.5 Å². The molecule has 3 aliphatic rings. The Hall–Kier alpha value is -6.65. The molecule has 75 heavy (non-hydrogen) atoms. The van der Waals surface area contributed by atoms with Gasteiger partial charge in [0.25, 0.3) is 0 Å². The lowest BCUT2D eigenvalue weighted by molar-refractivity contribution is -0.343. The number of aryl methyl sites for hydroxylation is 1. The highest BCUT2D eigenvalue weighted by atomic mass is 32.2. The lowest BCUT2D eigenvalue weighted by Crippen LogP contribution is -2.66. The maximum atomic E-state index is 14.5. The van der Waals surface area contributed by atoms with Gasteiger partial charge in [-0.25, -0.2) is 9.59 Å². The fourth-order valence-electron chi connectivity index (χ4n) is 9.58. The van der Waals surface area contributed by atoms with Gasteiger partial charge in [-0.15, -0.1) is 0 Å². The second-order valence-electron chi connectivity index (χ2n) is 18.8. The lowest BCUT2D eigenvalue weighted by atomic mass is 9.95. The van der Waals surface area contributed by atoms with Gasteiger partial charge in [0.05, 0.1) is 45.2 Å². The van der Waals surface area contributed by atoms with Crippen molar-refractivity contribution in [1.82, 2.24) is 4.90 Å². The highest BCUT2D eigenvalue weighted by molar-refractivity contribution is 7.99. The molecule has 0 bridgehead atoms. The summed E-state index contributed by atoms with van der Waals surface area (Å²) in [4.78, 5) is 31.7. The number of benzene rings is 7. The Labute approximate surface area is 442 Å². The maximum absolute atomic E-state index is 14.5. The van der Waals surface area contributed by atoms with Crippen molar-refractivity contribution in [3.63, 3.8) is 0 Å².